The minimum absolute atomic E-state index is 0.0937. The molecule has 5 nitrogen and oxygen atoms in total. The summed E-state index contributed by atoms with van der Waals surface area (Å²) in [4.78, 5) is 7.79. The molecule has 0 saturated heterocycles. The Labute approximate surface area is 80.3 Å². The van der Waals surface area contributed by atoms with Crippen molar-refractivity contribution in [1.82, 2.24) is 9.97 Å². The third kappa shape index (κ3) is 2.46. The Morgan fingerprint density at radius 3 is 3.00 bits per heavy atom. The molecule has 13 heavy (non-hydrogen) atoms. The van der Waals surface area contributed by atoms with Gasteiger partial charge in [0.15, 0.2) is 0 Å². The molecular weight excluding hydrogens is 190 g/mol. The highest BCUT2D eigenvalue weighted by Crippen LogP contribution is 2.27. The Hall–Kier alpha value is -1.01. The van der Waals surface area contributed by atoms with Crippen LogP contribution in [-0.4, -0.2) is 34.5 Å². The molecule has 0 amide bonds. The van der Waals surface area contributed by atoms with E-state index in [9.17, 15) is 0 Å². The van der Waals surface area contributed by atoms with E-state index < -0.39 is 0 Å². The molecule has 6 heteroatoms. The van der Waals surface area contributed by atoms with Gasteiger partial charge in [0.05, 0.1) is 13.7 Å². The van der Waals surface area contributed by atoms with Gasteiger partial charge in [-0.15, -0.1) is 11.8 Å². The maximum absolute atomic E-state index is 8.61. The van der Waals surface area contributed by atoms with Gasteiger partial charge in [-0.3, -0.25) is 0 Å². The molecule has 1 aromatic rings. The van der Waals surface area contributed by atoms with E-state index in [1.54, 1.807) is 0 Å². The number of ether oxygens (including phenoxy) is 1. The number of nitrogen functional groups attached to an aromatic ring is 1. The molecule has 3 N–H and O–H groups in total. The van der Waals surface area contributed by atoms with Crippen LogP contribution in [0.2, 0.25) is 0 Å². The maximum Gasteiger partial charge on any atom is 0.241 e. The molecule has 72 valence electrons. The van der Waals surface area contributed by atoms with E-state index in [4.69, 9.17) is 15.6 Å². The lowest BCUT2D eigenvalue weighted by molar-refractivity contribution is 0.322. The zero-order chi connectivity index (χ0) is 9.68. The van der Waals surface area contributed by atoms with Crippen LogP contribution in [0.5, 0.6) is 5.88 Å². The molecule has 0 atom stereocenters. The number of anilines is 1. The van der Waals surface area contributed by atoms with Crippen molar-refractivity contribution in [1.29, 1.82) is 0 Å². The molecule has 0 fully saturated rings. The van der Waals surface area contributed by atoms with Crippen molar-refractivity contribution < 1.29 is 9.84 Å². The van der Waals surface area contributed by atoms with Gasteiger partial charge in [0.1, 0.15) is 17.0 Å². The van der Waals surface area contributed by atoms with Gasteiger partial charge in [0.2, 0.25) is 5.88 Å². The molecule has 0 spiro atoms. The molecule has 0 unspecified atom stereocenters. The average molecular weight is 201 g/mol. The number of aliphatic hydroxyl groups is 1. The van der Waals surface area contributed by atoms with Gasteiger partial charge in [-0.05, 0) is 0 Å². The van der Waals surface area contributed by atoms with E-state index in [0.29, 0.717) is 22.3 Å². The zero-order valence-electron chi connectivity index (χ0n) is 7.23. The lowest BCUT2D eigenvalue weighted by Crippen LogP contribution is -2.00. The lowest BCUT2D eigenvalue weighted by atomic mass is 10.5. The molecule has 0 radical (unpaired) electrons. The first kappa shape index (κ1) is 10.1. The van der Waals surface area contributed by atoms with Crippen molar-refractivity contribution in [3.05, 3.63) is 6.33 Å². The second-order valence-electron chi connectivity index (χ2n) is 2.17. The molecule has 0 aliphatic heterocycles. The van der Waals surface area contributed by atoms with Gasteiger partial charge in [0, 0.05) is 5.75 Å². The van der Waals surface area contributed by atoms with E-state index in [2.05, 4.69) is 9.97 Å². The van der Waals surface area contributed by atoms with Gasteiger partial charge in [-0.1, -0.05) is 0 Å². The van der Waals surface area contributed by atoms with E-state index in [1.807, 2.05) is 0 Å². The summed E-state index contributed by atoms with van der Waals surface area (Å²) in [6.45, 7) is 0.0937. The number of hydrogen-bond donors (Lipinski definition) is 2. The standard InChI is InChI=1S/C7H11N3O2S/c1-12-6-5(8)7(10-4-9-6)13-3-2-11/h4,11H,2-3,8H2,1H3. The lowest BCUT2D eigenvalue weighted by Gasteiger charge is -2.05. The average Bonchev–Trinajstić information content (AvgIpc) is 2.16. The van der Waals surface area contributed by atoms with Crippen LogP contribution in [0, 0.1) is 0 Å². The van der Waals surface area contributed by atoms with Crippen molar-refractivity contribution in [3.63, 3.8) is 0 Å². The van der Waals surface area contributed by atoms with Gasteiger partial charge < -0.3 is 15.6 Å². The Bertz CT molecular complexity index is 282. The van der Waals surface area contributed by atoms with Crippen molar-refractivity contribution in [2.75, 3.05) is 25.2 Å². The summed E-state index contributed by atoms with van der Waals surface area (Å²) in [6.07, 6.45) is 1.38. The van der Waals surface area contributed by atoms with Gasteiger partial charge >= 0.3 is 0 Å². The maximum atomic E-state index is 8.61. The predicted octanol–water partition coefficient (Wildman–Crippen LogP) is 0.152. The van der Waals surface area contributed by atoms with Crippen molar-refractivity contribution >= 4 is 17.4 Å². The number of thioether (sulfide) groups is 1. The molecule has 1 aromatic heterocycles. The molecule has 0 aromatic carbocycles. The molecule has 0 saturated carbocycles. The summed E-state index contributed by atoms with van der Waals surface area (Å²) in [5.41, 5.74) is 6.10. The third-order valence-electron chi connectivity index (χ3n) is 1.33. The summed E-state index contributed by atoms with van der Waals surface area (Å²) < 4.78 is 4.91. The zero-order valence-corrected chi connectivity index (χ0v) is 8.04. The molecule has 1 rings (SSSR count). The number of aliphatic hydroxyl groups excluding tert-OH is 1. The van der Waals surface area contributed by atoms with E-state index in [1.165, 1.54) is 25.2 Å². The minimum atomic E-state index is 0.0937. The van der Waals surface area contributed by atoms with Crippen molar-refractivity contribution in [2.45, 2.75) is 5.03 Å². The van der Waals surface area contributed by atoms with Crippen molar-refractivity contribution in [2.24, 2.45) is 0 Å². The first-order valence-corrected chi connectivity index (χ1v) is 4.66. The fourth-order valence-electron chi connectivity index (χ4n) is 0.784. The summed E-state index contributed by atoms with van der Waals surface area (Å²) in [6, 6.07) is 0. The smallest absolute Gasteiger partial charge is 0.241 e. The number of methoxy groups -OCH3 is 1. The summed E-state index contributed by atoms with van der Waals surface area (Å²) in [7, 11) is 1.50. The normalized spacial score (nSPS) is 10.0. The van der Waals surface area contributed by atoms with E-state index in [0.717, 1.165) is 0 Å². The largest absolute Gasteiger partial charge is 0.479 e. The van der Waals surface area contributed by atoms with Crippen LogP contribution in [0.1, 0.15) is 0 Å². The number of aromatic nitrogens is 2. The second kappa shape index (κ2) is 4.88. The predicted molar refractivity (Wildman–Crippen MR) is 50.8 cm³/mol. The van der Waals surface area contributed by atoms with Crippen LogP contribution < -0.4 is 10.5 Å². The highest BCUT2D eigenvalue weighted by molar-refractivity contribution is 7.99. The van der Waals surface area contributed by atoms with Gasteiger partial charge in [0.25, 0.3) is 0 Å². The van der Waals surface area contributed by atoms with Crippen LogP contribution in [0.4, 0.5) is 5.69 Å². The topological polar surface area (TPSA) is 81.3 Å². The minimum Gasteiger partial charge on any atom is -0.479 e. The summed E-state index contributed by atoms with van der Waals surface area (Å²) in [5.74, 6) is 0.931. The Morgan fingerprint density at radius 2 is 2.38 bits per heavy atom. The molecule has 0 aliphatic rings. The van der Waals surface area contributed by atoms with Crippen molar-refractivity contribution in [3.8, 4) is 5.88 Å². The first-order valence-electron chi connectivity index (χ1n) is 3.67. The highest BCUT2D eigenvalue weighted by Gasteiger charge is 2.07. The van der Waals surface area contributed by atoms with Gasteiger partial charge in [-0.25, -0.2) is 4.98 Å². The van der Waals surface area contributed by atoms with Crippen LogP contribution in [-0.2, 0) is 0 Å². The Balaban J connectivity index is 2.81. The molecule has 0 bridgehead atoms. The number of nitrogens with two attached hydrogens (primary N) is 1. The van der Waals surface area contributed by atoms with Crippen LogP contribution >= 0.6 is 11.8 Å². The number of rotatable bonds is 4. The number of nitrogens with zero attached hydrogens (tertiary/aromatic N) is 2. The fraction of sp³-hybridized carbons (Fsp3) is 0.429. The monoisotopic (exact) mass is 201 g/mol. The SMILES string of the molecule is COc1ncnc(SCCO)c1N. The molecular formula is C7H11N3O2S. The van der Waals surface area contributed by atoms with Crippen LogP contribution in [0.3, 0.4) is 0 Å². The van der Waals surface area contributed by atoms with E-state index >= 15 is 0 Å². The first-order chi connectivity index (χ1) is 6.29. The third-order valence-corrected chi connectivity index (χ3v) is 2.32. The molecule has 1 heterocycles. The number of hydrogen-bond acceptors (Lipinski definition) is 6. The van der Waals surface area contributed by atoms with E-state index in [-0.39, 0.29) is 6.61 Å². The fourth-order valence-corrected chi connectivity index (χ4v) is 1.43. The highest BCUT2D eigenvalue weighted by atomic mass is 32.2. The van der Waals surface area contributed by atoms with Crippen LogP contribution in [0.15, 0.2) is 11.4 Å². The second-order valence-corrected chi connectivity index (χ2v) is 3.26. The van der Waals surface area contributed by atoms with Crippen LogP contribution in [0.25, 0.3) is 0 Å². The Kier molecular flexibility index (Phi) is 3.78. The Morgan fingerprint density at radius 1 is 1.62 bits per heavy atom. The quantitative estimate of drug-likeness (QED) is 0.533. The summed E-state index contributed by atoms with van der Waals surface area (Å²) in [5, 5.41) is 9.25. The summed E-state index contributed by atoms with van der Waals surface area (Å²) >= 11 is 1.37. The molecule has 0 aliphatic carbocycles. The van der Waals surface area contributed by atoms with Gasteiger partial charge in [-0.2, -0.15) is 4.98 Å².